The quantitative estimate of drug-likeness (QED) is 0.832. The Morgan fingerprint density at radius 1 is 1.29 bits per heavy atom. The lowest BCUT2D eigenvalue weighted by Crippen LogP contribution is -2.53. The zero-order valence-electron chi connectivity index (χ0n) is 11.7. The van der Waals surface area contributed by atoms with Crippen LogP contribution in [0.2, 0.25) is 5.02 Å². The van der Waals surface area contributed by atoms with Gasteiger partial charge in [0.1, 0.15) is 4.90 Å². The third-order valence-electron chi connectivity index (χ3n) is 3.69. The van der Waals surface area contributed by atoms with Crippen LogP contribution in [0.5, 0.6) is 0 Å². The summed E-state index contributed by atoms with van der Waals surface area (Å²) in [5.74, 6) is 0. The molecule has 2 rings (SSSR count). The van der Waals surface area contributed by atoms with Gasteiger partial charge in [-0.1, -0.05) is 36.0 Å². The third kappa shape index (κ3) is 3.54. The molecule has 8 heteroatoms. The number of sulfonamides is 1. The van der Waals surface area contributed by atoms with Crippen molar-refractivity contribution in [3.05, 3.63) is 29.3 Å². The van der Waals surface area contributed by atoms with Crippen molar-refractivity contribution in [3.63, 3.8) is 0 Å². The fourth-order valence-corrected chi connectivity index (χ4v) is 4.37. The van der Waals surface area contributed by atoms with Crippen LogP contribution in [0.1, 0.15) is 6.92 Å². The smallest absolute Gasteiger partial charge is 0.244 e. The number of halogens is 1. The fraction of sp³-hybridized carbons (Fsp3) is 0.462. The van der Waals surface area contributed by atoms with Gasteiger partial charge < -0.3 is 5.73 Å². The van der Waals surface area contributed by atoms with Crippen molar-refractivity contribution >= 4 is 38.8 Å². The zero-order valence-corrected chi connectivity index (χ0v) is 14.1. The van der Waals surface area contributed by atoms with Crippen LogP contribution in [-0.4, -0.2) is 54.8 Å². The van der Waals surface area contributed by atoms with Crippen molar-refractivity contribution in [2.24, 2.45) is 5.73 Å². The Morgan fingerprint density at radius 3 is 2.38 bits per heavy atom. The van der Waals surface area contributed by atoms with E-state index < -0.39 is 10.0 Å². The Morgan fingerprint density at radius 2 is 1.86 bits per heavy atom. The average molecular weight is 348 g/mol. The Bertz CT molecular complexity index is 628. The standard InChI is InChI=1S/C13H18ClN3O2S2/c1-10(13(15)20)16-6-8-17(9-7-16)21(18,19)12-5-3-2-4-11(12)14/h2-5,10H,6-9H2,1H3,(H2,15,20). The van der Waals surface area contributed by atoms with Crippen LogP contribution in [0, 0.1) is 0 Å². The van der Waals surface area contributed by atoms with Gasteiger partial charge in [-0.25, -0.2) is 8.42 Å². The molecule has 0 saturated carbocycles. The highest BCUT2D eigenvalue weighted by Crippen LogP contribution is 2.25. The van der Waals surface area contributed by atoms with Crippen LogP contribution in [-0.2, 0) is 10.0 Å². The minimum absolute atomic E-state index is 0.0230. The van der Waals surface area contributed by atoms with Crippen molar-refractivity contribution < 1.29 is 8.42 Å². The summed E-state index contributed by atoms with van der Waals surface area (Å²) >= 11 is 11.0. The average Bonchev–Trinajstić information content (AvgIpc) is 2.46. The fourth-order valence-electron chi connectivity index (χ4n) is 2.30. The minimum Gasteiger partial charge on any atom is -0.392 e. The van der Waals surface area contributed by atoms with Crippen molar-refractivity contribution in [3.8, 4) is 0 Å². The number of thiocarbonyl (C=S) groups is 1. The van der Waals surface area contributed by atoms with E-state index in [4.69, 9.17) is 29.6 Å². The highest BCUT2D eigenvalue weighted by Gasteiger charge is 2.31. The lowest BCUT2D eigenvalue weighted by atomic mass is 10.2. The van der Waals surface area contributed by atoms with Crippen LogP contribution in [0.3, 0.4) is 0 Å². The molecule has 0 aromatic heterocycles. The van der Waals surface area contributed by atoms with Crippen molar-refractivity contribution in [1.29, 1.82) is 0 Å². The summed E-state index contributed by atoms with van der Waals surface area (Å²) < 4.78 is 26.6. The van der Waals surface area contributed by atoms with E-state index >= 15 is 0 Å². The maximum atomic E-state index is 12.6. The zero-order chi connectivity index (χ0) is 15.6. The Hall–Kier alpha value is -0.730. The Balaban J connectivity index is 2.12. The third-order valence-corrected chi connectivity index (χ3v) is 6.43. The summed E-state index contributed by atoms with van der Waals surface area (Å²) in [4.78, 5) is 2.67. The molecule has 1 atom stereocenters. The maximum Gasteiger partial charge on any atom is 0.244 e. The molecule has 0 bridgehead atoms. The lowest BCUT2D eigenvalue weighted by Gasteiger charge is -2.37. The molecule has 5 nitrogen and oxygen atoms in total. The highest BCUT2D eigenvalue weighted by atomic mass is 35.5. The van der Waals surface area contributed by atoms with Gasteiger partial charge in [-0.05, 0) is 19.1 Å². The van der Waals surface area contributed by atoms with E-state index in [0.717, 1.165) is 0 Å². The van der Waals surface area contributed by atoms with Gasteiger partial charge >= 0.3 is 0 Å². The van der Waals surface area contributed by atoms with E-state index in [0.29, 0.717) is 31.2 Å². The number of piperazine rings is 1. The number of hydrogen-bond donors (Lipinski definition) is 1. The van der Waals surface area contributed by atoms with Gasteiger partial charge in [0, 0.05) is 26.2 Å². The topological polar surface area (TPSA) is 66.6 Å². The second-order valence-electron chi connectivity index (χ2n) is 4.95. The number of benzene rings is 1. The summed E-state index contributed by atoms with van der Waals surface area (Å²) in [5.41, 5.74) is 5.64. The van der Waals surface area contributed by atoms with Crippen LogP contribution in [0.4, 0.5) is 0 Å². The van der Waals surface area contributed by atoms with Crippen molar-refractivity contribution in [2.75, 3.05) is 26.2 Å². The summed E-state index contributed by atoms with van der Waals surface area (Å²) in [6, 6.07) is 6.47. The van der Waals surface area contributed by atoms with Crippen molar-refractivity contribution in [1.82, 2.24) is 9.21 Å². The molecule has 1 unspecified atom stereocenters. The molecule has 1 aromatic carbocycles. The molecule has 0 aliphatic carbocycles. The van der Waals surface area contributed by atoms with Crippen LogP contribution >= 0.6 is 23.8 Å². The number of nitrogens with zero attached hydrogens (tertiary/aromatic N) is 2. The van der Waals surface area contributed by atoms with E-state index in [1.807, 2.05) is 6.92 Å². The second kappa shape index (κ2) is 6.58. The highest BCUT2D eigenvalue weighted by molar-refractivity contribution is 7.89. The van der Waals surface area contributed by atoms with E-state index in [9.17, 15) is 8.42 Å². The summed E-state index contributed by atoms with van der Waals surface area (Å²) in [7, 11) is -3.55. The first kappa shape index (κ1) is 16.6. The van der Waals surface area contributed by atoms with Crippen LogP contribution in [0.25, 0.3) is 0 Å². The summed E-state index contributed by atoms with van der Waals surface area (Å²) in [5, 5.41) is 0.247. The van der Waals surface area contributed by atoms with Gasteiger partial charge in [-0.2, -0.15) is 4.31 Å². The van der Waals surface area contributed by atoms with Gasteiger partial charge in [0.25, 0.3) is 0 Å². The minimum atomic E-state index is -3.55. The molecule has 0 spiro atoms. The van der Waals surface area contributed by atoms with Gasteiger partial charge in [-0.15, -0.1) is 0 Å². The molecule has 1 aliphatic rings. The van der Waals surface area contributed by atoms with Gasteiger partial charge in [0.05, 0.1) is 16.1 Å². The Labute approximate surface area is 135 Å². The molecule has 1 heterocycles. The van der Waals surface area contributed by atoms with Crippen LogP contribution < -0.4 is 5.73 Å². The normalized spacial score (nSPS) is 19.3. The second-order valence-corrected chi connectivity index (χ2v) is 7.73. The summed E-state index contributed by atoms with van der Waals surface area (Å²) in [6.07, 6.45) is 0. The SMILES string of the molecule is CC(C(N)=S)N1CCN(S(=O)(=O)c2ccccc2Cl)CC1. The van der Waals surface area contributed by atoms with Gasteiger partial charge in [0.2, 0.25) is 10.0 Å². The molecule has 116 valence electrons. The molecule has 1 fully saturated rings. The number of hydrogen-bond acceptors (Lipinski definition) is 4. The summed E-state index contributed by atoms with van der Waals surface area (Å²) in [6.45, 7) is 3.94. The predicted octanol–water partition coefficient (Wildman–Crippen LogP) is 1.32. The largest absolute Gasteiger partial charge is 0.392 e. The van der Waals surface area contributed by atoms with Gasteiger partial charge in [-0.3, -0.25) is 4.90 Å². The molecule has 1 aliphatic heterocycles. The molecule has 1 saturated heterocycles. The first-order valence-electron chi connectivity index (χ1n) is 6.62. The van der Waals surface area contributed by atoms with Crippen molar-refractivity contribution in [2.45, 2.75) is 17.9 Å². The first-order chi connectivity index (χ1) is 9.84. The molecule has 21 heavy (non-hydrogen) atoms. The monoisotopic (exact) mass is 347 g/mol. The molecule has 0 amide bonds. The molecular formula is C13H18ClN3O2S2. The molecule has 0 radical (unpaired) electrons. The number of nitrogens with two attached hydrogens (primary N) is 1. The molecule has 1 aromatic rings. The lowest BCUT2D eigenvalue weighted by molar-refractivity contribution is 0.175. The van der Waals surface area contributed by atoms with E-state index in [2.05, 4.69) is 4.90 Å². The number of rotatable bonds is 4. The van der Waals surface area contributed by atoms with Crippen LogP contribution in [0.15, 0.2) is 29.2 Å². The molecule has 2 N–H and O–H groups in total. The molecular weight excluding hydrogens is 330 g/mol. The predicted molar refractivity (Wildman–Crippen MR) is 88.0 cm³/mol. The maximum absolute atomic E-state index is 12.6. The first-order valence-corrected chi connectivity index (χ1v) is 8.84. The van der Waals surface area contributed by atoms with E-state index in [1.165, 1.54) is 10.4 Å². The van der Waals surface area contributed by atoms with E-state index in [-0.39, 0.29) is 16.0 Å². The van der Waals surface area contributed by atoms with E-state index in [1.54, 1.807) is 18.2 Å². The van der Waals surface area contributed by atoms with Gasteiger partial charge in [0.15, 0.2) is 0 Å². The Kier molecular flexibility index (Phi) is 5.21.